The summed E-state index contributed by atoms with van der Waals surface area (Å²) in [6.45, 7) is 4.60. The second-order valence-electron chi connectivity index (χ2n) is 2.72. The summed E-state index contributed by atoms with van der Waals surface area (Å²) in [5, 5.41) is 8.79. The predicted molar refractivity (Wildman–Crippen MR) is 44.8 cm³/mol. The van der Waals surface area contributed by atoms with Crippen LogP contribution >= 0.6 is 0 Å². The summed E-state index contributed by atoms with van der Waals surface area (Å²) >= 11 is 0. The van der Waals surface area contributed by atoms with E-state index in [1.807, 2.05) is 0 Å². The van der Waals surface area contributed by atoms with Gasteiger partial charge in [-0.2, -0.15) is 0 Å². The average Bonchev–Trinajstić information content (AvgIpc) is 1.99. The van der Waals surface area contributed by atoms with Crippen molar-refractivity contribution < 1.29 is 5.11 Å². The van der Waals surface area contributed by atoms with Crippen LogP contribution in [0.5, 0.6) is 0 Å². The molecule has 0 aliphatic heterocycles. The molecule has 0 atom stereocenters. The van der Waals surface area contributed by atoms with Crippen LogP contribution in [-0.2, 0) is 0 Å². The molecule has 0 saturated heterocycles. The van der Waals surface area contributed by atoms with Crippen molar-refractivity contribution in [2.75, 3.05) is 6.61 Å². The summed E-state index contributed by atoms with van der Waals surface area (Å²) in [7, 11) is 0. The molecule has 0 fully saturated rings. The normalized spacial score (nSPS) is 10.8. The first kappa shape index (κ1) is 9.96. The van der Waals surface area contributed by atoms with Crippen LogP contribution in [-0.4, -0.2) is 11.7 Å². The lowest BCUT2D eigenvalue weighted by Crippen LogP contribution is -2.00. The van der Waals surface area contributed by atoms with Gasteiger partial charge >= 0.3 is 0 Å². The van der Waals surface area contributed by atoms with Gasteiger partial charge in [0.05, 0.1) is 0 Å². The zero-order valence-electron chi connectivity index (χ0n) is 7.19. The van der Waals surface area contributed by atoms with Gasteiger partial charge in [-0.05, 0) is 12.8 Å². The Morgan fingerprint density at radius 1 is 1.20 bits per heavy atom. The molecule has 61 valence electrons. The molecule has 0 spiro atoms. The van der Waals surface area contributed by atoms with Gasteiger partial charge in [0.25, 0.3) is 0 Å². The van der Waals surface area contributed by atoms with Crippen LogP contribution in [0, 0.1) is 5.92 Å². The summed E-state index contributed by atoms with van der Waals surface area (Å²) < 4.78 is 0. The van der Waals surface area contributed by atoms with Crippen molar-refractivity contribution in [2.24, 2.45) is 0 Å². The van der Waals surface area contributed by atoms with Gasteiger partial charge in [0, 0.05) is 12.5 Å². The van der Waals surface area contributed by atoms with E-state index in [9.17, 15) is 0 Å². The molecular formula is C9H19O. The van der Waals surface area contributed by atoms with E-state index >= 15 is 0 Å². The Hall–Kier alpha value is -0.0400. The van der Waals surface area contributed by atoms with Crippen molar-refractivity contribution in [1.29, 1.82) is 0 Å². The smallest absolute Gasteiger partial charge is 0.0493 e. The van der Waals surface area contributed by atoms with E-state index < -0.39 is 0 Å². The number of hydrogen-bond donors (Lipinski definition) is 1. The summed E-state index contributed by atoms with van der Waals surface area (Å²) in [6, 6.07) is 0. The Labute approximate surface area is 64.5 Å². The highest BCUT2D eigenvalue weighted by Crippen LogP contribution is 2.14. The van der Waals surface area contributed by atoms with Gasteiger partial charge in [0.15, 0.2) is 0 Å². The van der Waals surface area contributed by atoms with Gasteiger partial charge in [-0.3, -0.25) is 0 Å². The lowest BCUT2D eigenvalue weighted by atomic mass is 10.00. The fraction of sp³-hybridized carbons (Fsp3) is 0.889. The molecule has 1 radical (unpaired) electrons. The molecular weight excluding hydrogens is 124 g/mol. The van der Waals surface area contributed by atoms with Gasteiger partial charge in [0.2, 0.25) is 0 Å². The van der Waals surface area contributed by atoms with Crippen molar-refractivity contribution in [3.8, 4) is 0 Å². The summed E-state index contributed by atoms with van der Waals surface area (Å²) in [4.78, 5) is 0. The van der Waals surface area contributed by atoms with E-state index in [0.29, 0.717) is 6.61 Å². The Balaban J connectivity index is 3.09. The van der Waals surface area contributed by atoms with Crippen LogP contribution < -0.4 is 0 Å². The third kappa shape index (κ3) is 4.80. The first-order valence-corrected chi connectivity index (χ1v) is 4.29. The molecule has 1 nitrogen and oxygen atoms in total. The zero-order valence-corrected chi connectivity index (χ0v) is 7.19. The number of unbranched alkanes of at least 4 members (excludes halogenated alkanes) is 2. The van der Waals surface area contributed by atoms with E-state index in [0.717, 1.165) is 12.8 Å². The summed E-state index contributed by atoms with van der Waals surface area (Å²) in [5.74, 6) is 1.30. The summed E-state index contributed by atoms with van der Waals surface area (Å²) in [6.07, 6.45) is 5.98. The van der Waals surface area contributed by atoms with Crippen molar-refractivity contribution in [3.05, 3.63) is 5.92 Å². The average molecular weight is 143 g/mol. The first-order valence-electron chi connectivity index (χ1n) is 4.29. The first-order chi connectivity index (χ1) is 4.85. The highest BCUT2D eigenvalue weighted by atomic mass is 16.3. The Bertz CT molecular complexity index is 57.7. The van der Waals surface area contributed by atoms with Crippen LogP contribution in [0.2, 0.25) is 0 Å². The maximum Gasteiger partial charge on any atom is 0.0493 e. The molecule has 1 N–H and O–H groups in total. The standard InChI is InChI=1S/C9H19O/c1-3-5-6-7-9(4-2)8-10/h10H,3-8H2,1-2H3. The minimum absolute atomic E-state index is 0.292. The van der Waals surface area contributed by atoms with Gasteiger partial charge in [-0.25, -0.2) is 0 Å². The Kier molecular flexibility index (Phi) is 7.04. The topological polar surface area (TPSA) is 20.2 Å². The van der Waals surface area contributed by atoms with Crippen LogP contribution in [0.15, 0.2) is 0 Å². The minimum Gasteiger partial charge on any atom is -0.396 e. The second kappa shape index (κ2) is 7.07. The van der Waals surface area contributed by atoms with Crippen LogP contribution in [0.3, 0.4) is 0 Å². The molecule has 0 amide bonds. The molecule has 0 heterocycles. The van der Waals surface area contributed by atoms with Crippen LogP contribution in [0.4, 0.5) is 0 Å². The second-order valence-corrected chi connectivity index (χ2v) is 2.72. The van der Waals surface area contributed by atoms with Gasteiger partial charge in [0.1, 0.15) is 0 Å². The third-order valence-electron chi connectivity index (χ3n) is 1.86. The van der Waals surface area contributed by atoms with E-state index in [-0.39, 0.29) is 0 Å². The monoisotopic (exact) mass is 143 g/mol. The molecule has 0 rings (SSSR count). The fourth-order valence-electron chi connectivity index (χ4n) is 0.993. The van der Waals surface area contributed by atoms with Crippen molar-refractivity contribution in [1.82, 2.24) is 0 Å². The number of rotatable bonds is 6. The number of hydrogen-bond acceptors (Lipinski definition) is 1. The Morgan fingerprint density at radius 2 is 1.90 bits per heavy atom. The SMILES string of the molecule is CCCCC[C](CC)CO. The molecule has 0 aliphatic carbocycles. The molecule has 1 heteroatoms. The van der Waals surface area contributed by atoms with Crippen LogP contribution in [0.25, 0.3) is 0 Å². The van der Waals surface area contributed by atoms with E-state index in [1.54, 1.807) is 0 Å². The van der Waals surface area contributed by atoms with Crippen LogP contribution in [0.1, 0.15) is 46.0 Å². The van der Waals surface area contributed by atoms with E-state index in [1.165, 1.54) is 25.2 Å². The van der Waals surface area contributed by atoms with Crippen molar-refractivity contribution in [2.45, 2.75) is 46.0 Å². The number of aliphatic hydroxyl groups is 1. The molecule has 0 aromatic heterocycles. The lowest BCUT2D eigenvalue weighted by Gasteiger charge is -2.08. The molecule has 0 aromatic carbocycles. The molecule has 0 bridgehead atoms. The maximum absolute atomic E-state index is 8.79. The quantitative estimate of drug-likeness (QED) is 0.566. The predicted octanol–water partition coefficient (Wildman–Crippen LogP) is 2.54. The molecule has 0 aromatic rings. The molecule has 10 heavy (non-hydrogen) atoms. The maximum atomic E-state index is 8.79. The highest BCUT2D eigenvalue weighted by molar-refractivity contribution is 4.86. The molecule has 0 unspecified atom stereocenters. The summed E-state index contributed by atoms with van der Waals surface area (Å²) in [5.41, 5.74) is 0. The lowest BCUT2D eigenvalue weighted by molar-refractivity contribution is 0.294. The van der Waals surface area contributed by atoms with E-state index in [2.05, 4.69) is 13.8 Å². The third-order valence-corrected chi connectivity index (χ3v) is 1.86. The van der Waals surface area contributed by atoms with Crippen molar-refractivity contribution >= 4 is 0 Å². The largest absolute Gasteiger partial charge is 0.396 e. The highest BCUT2D eigenvalue weighted by Gasteiger charge is 2.02. The molecule has 0 aliphatic rings. The molecule has 0 saturated carbocycles. The zero-order chi connectivity index (χ0) is 7.82. The van der Waals surface area contributed by atoms with Crippen molar-refractivity contribution in [3.63, 3.8) is 0 Å². The Morgan fingerprint density at radius 3 is 2.30 bits per heavy atom. The van der Waals surface area contributed by atoms with E-state index in [4.69, 9.17) is 5.11 Å². The van der Waals surface area contributed by atoms with Gasteiger partial charge in [-0.15, -0.1) is 0 Å². The number of aliphatic hydroxyl groups excluding tert-OH is 1. The van der Waals surface area contributed by atoms with Gasteiger partial charge in [-0.1, -0.05) is 33.1 Å². The van der Waals surface area contributed by atoms with Gasteiger partial charge < -0.3 is 5.11 Å². The minimum atomic E-state index is 0.292. The fourth-order valence-corrected chi connectivity index (χ4v) is 0.993.